The van der Waals surface area contributed by atoms with Gasteiger partial charge < -0.3 is 15.0 Å². The van der Waals surface area contributed by atoms with E-state index < -0.39 is 11.8 Å². The third kappa shape index (κ3) is 4.74. The van der Waals surface area contributed by atoms with Crippen LogP contribution in [-0.2, 0) is 9.59 Å². The first-order valence-electron chi connectivity index (χ1n) is 11.1. The molecule has 1 fully saturated rings. The summed E-state index contributed by atoms with van der Waals surface area (Å²) in [5.41, 5.74) is 2.78. The lowest BCUT2D eigenvalue weighted by atomic mass is 10.0. The zero-order valence-corrected chi connectivity index (χ0v) is 18.8. The number of nitrogens with one attached hydrogen (secondary N) is 1. The lowest BCUT2D eigenvalue weighted by molar-refractivity contribution is -0.134. The molecule has 0 aromatic heterocycles. The van der Waals surface area contributed by atoms with Crippen molar-refractivity contribution < 1.29 is 23.9 Å². The second-order valence-corrected chi connectivity index (χ2v) is 8.45. The number of nitrogens with zero attached hydrogens (tertiary/aromatic N) is 2. The van der Waals surface area contributed by atoms with Gasteiger partial charge in [0.05, 0.1) is 11.1 Å². The summed E-state index contributed by atoms with van der Waals surface area (Å²) in [6.07, 6.45) is 1.20. The molecule has 0 spiro atoms. The van der Waals surface area contributed by atoms with E-state index >= 15 is 0 Å². The number of likely N-dealkylation sites (tertiary alicyclic amines) is 1. The van der Waals surface area contributed by atoms with Crippen LogP contribution < -0.4 is 10.1 Å². The van der Waals surface area contributed by atoms with E-state index in [4.69, 9.17) is 4.74 Å². The Morgan fingerprint density at radius 2 is 1.61 bits per heavy atom. The van der Waals surface area contributed by atoms with Crippen molar-refractivity contribution in [3.63, 3.8) is 0 Å². The zero-order chi connectivity index (χ0) is 23.5. The number of hydrogen-bond donors (Lipinski definition) is 1. The highest BCUT2D eigenvalue weighted by atomic mass is 16.5. The summed E-state index contributed by atoms with van der Waals surface area (Å²) in [5, 5.41) is 2.89. The number of aryl methyl sites for hydroxylation is 1. The second kappa shape index (κ2) is 9.44. The topological polar surface area (TPSA) is 96.0 Å². The van der Waals surface area contributed by atoms with Crippen molar-refractivity contribution in [1.29, 1.82) is 0 Å². The molecule has 4 rings (SSSR count). The number of piperidine rings is 1. The molecule has 2 aromatic rings. The Hall–Kier alpha value is -3.68. The minimum Gasteiger partial charge on any atom is -0.483 e. The molecular formula is C25H27N3O5. The standard InChI is InChI=1S/C25H27N3O5/c1-16-6-5-9-21(17(16)2)33-15-23(30)27-12-10-18(11-13-27)26-22(29)14-28-24(31)19-7-3-4-8-20(19)25(28)32/h3-9,18H,10-15H2,1-2H3,(H,26,29). The Morgan fingerprint density at radius 1 is 0.970 bits per heavy atom. The Kier molecular flexibility index (Phi) is 6.44. The molecule has 2 aliphatic rings. The zero-order valence-electron chi connectivity index (χ0n) is 18.8. The summed E-state index contributed by atoms with van der Waals surface area (Å²) < 4.78 is 5.71. The van der Waals surface area contributed by atoms with Crippen LogP contribution in [0.2, 0.25) is 0 Å². The van der Waals surface area contributed by atoms with Crippen molar-refractivity contribution >= 4 is 23.6 Å². The van der Waals surface area contributed by atoms with E-state index in [1.165, 1.54) is 0 Å². The molecule has 1 saturated heterocycles. The van der Waals surface area contributed by atoms with E-state index in [0.717, 1.165) is 16.0 Å². The first kappa shape index (κ1) is 22.5. The predicted octanol–water partition coefficient (Wildman–Crippen LogP) is 2.09. The summed E-state index contributed by atoms with van der Waals surface area (Å²) in [4.78, 5) is 52.6. The monoisotopic (exact) mass is 449 g/mol. The highest BCUT2D eigenvalue weighted by Gasteiger charge is 2.36. The molecule has 0 saturated carbocycles. The molecular weight excluding hydrogens is 422 g/mol. The molecule has 1 N–H and O–H groups in total. The number of imide groups is 1. The smallest absolute Gasteiger partial charge is 0.262 e. The summed E-state index contributed by atoms with van der Waals surface area (Å²) in [7, 11) is 0. The van der Waals surface area contributed by atoms with Crippen LogP contribution in [0.15, 0.2) is 42.5 Å². The number of carbonyl (C=O) groups is 4. The van der Waals surface area contributed by atoms with Crippen molar-refractivity contribution in [1.82, 2.24) is 15.1 Å². The number of rotatable bonds is 6. The first-order chi connectivity index (χ1) is 15.8. The van der Waals surface area contributed by atoms with Gasteiger partial charge in [-0.3, -0.25) is 24.1 Å². The number of amides is 4. The van der Waals surface area contributed by atoms with Crippen LogP contribution in [0.3, 0.4) is 0 Å². The van der Waals surface area contributed by atoms with Crippen LogP contribution in [0.25, 0.3) is 0 Å². The van der Waals surface area contributed by atoms with Crippen LogP contribution in [0.5, 0.6) is 5.75 Å². The van der Waals surface area contributed by atoms with Gasteiger partial charge in [0.15, 0.2) is 6.61 Å². The van der Waals surface area contributed by atoms with E-state index in [0.29, 0.717) is 42.8 Å². The van der Waals surface area contributed by atoms with E-state index in [-0.39, 0.29) is 31.0 Å². The first-order valence-corrected chi connectivity index (χ1v) is 11.1. The van der Waals surface area contributed by atoms with Gasteiger partial charge in [-0.15, -0.1) is 0 Å². The van der Waals surface area contributed by atoms with Crippen molar-refractivity contribution in [2.24, 2.45) is 0 Å². The molecule has 8 nitrogen and oxygen atoms in total. The number of fused-ring (bicyclic) bond motifs is 1. The van der Waals surface area contributed by atoms with Gasteiger partial charge in [0.1, 0.15) is 12.3 Å². The number of benzene rings is 2. The van der Waals surface area contributed by atoms with Gasteiger partial charge in [-0.1, -0.05) is 24.3 Å². The molecule has 0 radical (unpaired) electrons. The Morgan fingerprint density at radius 3 is 2.24 bits per heavy atom. The van der Waals surface area contributed by atoms with Crippen LogP contribution >= 0.6 is 0 Å². The fraction of sp³-hybridized carbons (Fsp3) is 0.360. The average molecular weight is 450 g/mol. The molecule has 4 amide bonds. The Balaban J connectivity index is 1.23. The van der Waals surface area contributed by atoms with Gasteiger partial charge >= 0.3 is 0 Å². The number of carbonyl (C=O) groups excluding carboxylic acids is 4. The largest absolute Gasteiger partial charge is 0.483 e. The third-order valence-electron chi connectivity index (χ3n) is 6.30. The van der Waals surface area contributed by atoms with E-state index in [9.17, 15) is 19.2 Å². The summed E-state index contributed by atoms with van der Waals surface area (Å²) in [6.45, 7) is 4.64. The maximum Gasteiger partial charge on any atom is 0.262 e. The fourth-order valence-electron chi connectivity index (χ4n) is 4.18. The molecule has 2 aliphatic heterocycles. The Bertz CT molecular complexity index is 1070. The summed E-state index contributed by atoms with van der Waals surface area (Å²) >= 11 is 0. The van der Waals surface area contributed by atoms with Crippen molar-refractivity contribution in [3.8, 4) is 5.75 Å². The van der Waals surface area contributed by atoms with E-state index in [2.05, 4.69) is 5.32 Å². The number of ether oxygens (including phenoxy) is 1. The van der Waals surface area contributed by atoms with Crippen LogP contribution in [0, 0.1) is 13.8 Å². The van der Waals surface area contributed by atoms with Crippen LogP contribution in [0.4, 0.5) is 0 Å². The second-order valence-electron chi connectivity index (χ2n) is 8.45. The van der Waals surface area contributed by atoms with Crippen LogP contribution in [-0.4, -0.2) is 65.7 Å². The lowest BCUT2D eigenvalue weighted by Crippen LogP contribution is -2.50. The predicted molar refractivity (Wildman–Crippen MR) is 121 cm³/mol. The SMILES string of the molecule is Cc1cccc(OCC(=O)N2CCC(NC(=O)CN3C(=O)c4ccccc4C3=O)CC2)c1C. The van der Waals surface area contributed by atoms with Crippen molar-refractivity contribution in [3.05, 3.63) is 64.7 Å². The van der Waals surface area contributed by atoms with Gasteiger partial charge in [0, 0.05) is 19.1 Å². The normalized spacial score (nSPS) is 16.1. The average Bonchev–Trinajstić information content (AvgIpc) is 3.05. The molecule has 8 heteroatoms. The Labute approximate surface area is 192 Å². The van der Waals surface area contributed by atoms with Crippen molar-refractivity contribution in [2.75, 3.05) is 26.2 Å². The van der Waals surface area contributed by atoms with Gasteiger partial charge in [-0.2, -0.15) is 0 Å². The van der Waals surface area contributed by atoms with E-state index in [1.54, 1.807) is 29.2 Å². The van der Waals surface area contributed by atoms with Gasteiger partial charge in [-0.05, 0) is 56.0 Å². The molecule has 33 heavy (non-hydrogen) atoms. The molecule has 2 aromatic carbocycles. The highest BCUT2D eigenvalue weighted by molar-refractivity contribution is 6.22. The molecule has 0 atom stereocenters. The maximum atomic E-state index is 12.5. The molecule has 0 bridgehead atoms. The number of hydrogen-bond acceptors (Lipinski definition) is 5. The quantitative estimate of drug-likeness (QED) is 0.682. The maximum absolute atomic E-state index is 12.5. The molecule has 172 valence electrons. The van der Waals surface area contributed by atoms with Crippen molar-refractivity contribution in [2.45, 2.75) is 32.7 Å². The molecule has 0 aliphatic carbocycles. The summed E-state index contributed by atoms with van der Waals surface area (Å²) in [5.74, 6) is -0.664. The molecule has 0 unspecified atom stereocenters. The minimum absolute atomic E-state index is 0.0267. The minimum atomic E-state index is -0.449. The highest BCUT2D eigenvalue weighted by Crippen LogP contribution is 2.23. The summed E-state index contributed by atoms with van der Waals surface area (Å²) in [6, 6.07) is 12.2. The van der Waals surface area contributed by atoms with Gasteiger partial charge in [0.25, 0.3) is 17.7 Å². The van der Waals surface area contributed by atoms with E-state index in [1.807, 2.05) is 32.0 Å². The molecule has 2 heterocycles. The van der Waals surface area contributed by atoms with Crippen LogP contribution in [0.1, 0.15) is 44.7 Å². The van der Waals surface area contributed by atoms with Gasteiger partial charge in [0.2, 0.25) is 5.91 Å². The van der Waals surface area contributed by atoms with Gasteiger partial charge in [-0.25, -0.2) is 0 Å². The fourth-order valence-corrected chi connectivity index (χ4v) is 4.18. The lowest BCUT2D eigenvalue weighted by Gasteiger charge is -2.32. The third-order valence-corrected chi connectivity index (χ3v) is 6.30.